The fourth-order valence-electron chi connectivity index (χ4n) is 7.79. The van der Waals surface area contributed by atoms with Crippen molar-refractivity contribution in [2.24, 2.45) is 11.8 Å². The molecule has 1 amide bonds. The molecule has 1 N–H and O–H groups in total. The van der Waals surface area contributed by atoms with Crippen molar-refractivity contribution in [1.82, 2.24) is 5.32 Å². The molecule has 0 bridgehead atoms. The first-order chi connectivity index (χ1) is 29.1. The average Bonchev–Trinajstić information content (AvgIpc) is 3.23. The number of hydrogen-bond acceptors (Lipinski definition) is 8. The molecule has 0 aromatic carbocycles. The van der Waals surface area contributed by atoms with Crippen LogP contribution in [0, 0.1) is 11.8 Å². The van der Waals surface area contributed by atoms with Crippen molar-refractivity contribution in [3.05, 3.63) is 24.3 Å². The van der Waals surface area contributed by atoms with Crippen molar-refractivity contribution in [3.8, 4) is 0 Å². The van der Waals surface area contributed by atoms with E-state index in [0.717, 1.165) is 37.5 Å². The van der Waals surface area contributed by atoms with Crippen molar-refractivity contribution in [2.45, 2.75) is 233 Å². The molecule has 9 heteroatoms. The largest absolute Gasteiger partial charge is 0.466 e. The second-order valence-corrected chi connectivity index (χ2v) is 17.4. The zero-order chi connectivity index (χ0) is 44.3. The molecule has 0 saturated carbocycles. The summed E-state index contributed by atoms with van der Waals surface area (Å²) in [6, 6.07) is 0. The summed E-state index contributed by atoms with van der Waals surface area (Å²) < 4.78 is 20.7. The predicted octanol–water partition coefficient (Wildman–Crippen LogP) is 14.2. The Labute approximate surface area is 368 Å². The van der Waals surface area contributed by atoms with Crippen molar-refractivity contribution in [2.75, 3.05) is 33.0 Å². The lowest BCUT2D eigenvalue weighted by atomic mass is 9.78. The number of esters is 3. The standard InChI is InChI=1S/C51H93NO8/c1-7-9-11-13-15-21-27-34-46(36-29-23-17-19-25-31-40-57-48(53)38-33-42-58-49(54)44(3)4)47(35-28-22-16-14-12-10-8-2)37-30-24-18-20-26-32-41-60-51(56)52-39-43-59-50(55)45(5)6/h46-47H,3,5,7-43H2,1-2,4,6H3,(H,52,56). The van der Waals surface area contributed by atoms with Gasteiger partial charge in [0.05, 0.1) is 26.4 Å². The van der Waals surface area contributed by atoms with Crippen LogP contribution in [-0.2, 0) is 33.3 Å². The molecular formula is C51H93NO8. The second-order valence-electron chi connectivity index (χ2n) is 17.4. The maximum Gasteiger partial charge on any atom is 0.407 e. The summed E-state index contributed by atoms with van der Waals surface area (Å²) in [4.78, 5) is 46.8. The Bertz CT molecular complexity index is 1010. The van der Waals surface area contributed by atoms with Gasteiger partial charge in [-0.3, -0.25) is 4.79 Å². The summed E-state index contributed by atoms with van der Waals surface area (Å²) in [6.45, 7) is 16.3. The van der Waals surface area contributed by atoms with Gasteiger partial charge in [0.2, 0.25) is 0 Å². The van der Waals surface area contributed by atoms with Gasteiger partial charge in [-0.05, 0) is 44.9 Å². The number of hydrogen-bond donors (Lipinski definition) is 1. The monoisotopic (exact) mass is 848 g/mol. The number of carbonyl (C=O) groups excluding carboxylic acids is 4. The lowest BCUT2D eigenvalue weighted by Gasteiger charge is -2.28. The Balaban J connectivity index is 4.74. The number of rotatable bonds is 44. The van der Waals surface area contributed by atoms with E-state index < -0.39 is 18.0 Å². The number of unbranched alkanes of at least 4 members (excludes halogenated alkanes) is 22. The van der Waals surface area contributed by atoms with Gasteiger partial charge in [0.25, 0.3) is 0 Å². The maximum atomic E-state index is 12.0. The van der Waals surface area contributed by atoms with Crippen molar-refractivity contribution in [1.29, 1.82) is 0 Å². The molecule has 0 rings (SSSR count). The van der Waals surface area contributed by atoms with Gasteiger partial charge >= 0.3 is 24.0 Å². The third-order valence-corrected chi connectivity index (χ3v) is 11.5. The molecule has 0 radical (unpaired) electrons. The SMILES string of the molecule is C=C(C)C(=O)OCCCC(=O)OCCCCCCCCC(CCCCCCCCC)C(CCCCCCCCC)CCCCCCCCOC(=O)NCCOC(=O)C(=C)C. The van der Waals surface area contributed by atoms with Gasteiger partial charge < -0.3 is 24.3 Å². The molecule has 0 aliphatic heterocycles. The van der Waals surface area contributed by atoms with Gasteiger partial charge in [-0.25, -0.2) is 14.4 Å². The topological polar surface area (TPSA) is 117 Å². The first kappa shape index (κ1) is 57.2. The van der Waals surface area contributed by atoms with Crippen LogP contribution in [0.3, 0.4) is 0 Å². The van der Waals surface area contributed by atoms with Crippen LogP contribution in [0.25, 0.3) is 0 Å². The van der Waals surface area contributed by atoms with Crippen LogP contribution in [0.1, 0.15) is 233 Å². The lowest BCUT2D eigenvalue weighted by Crippen LogP contribution is -2.29. The highest BCUT2D eigenvalue weighted by Gasteiger charge is 2.21. The van der Waals surface area contributed by atoms with Crippen LogP contribution in [0.2, 0.25) is 0 Å². The molecule has 0 aromatic heterocycles. The van der Waals surface area contributed by atoms with Gasteiger partial charge in [-0.1, -0.05) is 207 Å². The van der Waals surface area contributed by atoms with E-state index in [4.69, 9.17) is 18.9 Å². The van der Waals surface area contributed by atoms with Crippen molar-refractivity contribution < 1.29 is 38.1 Å². The second kappa shape index (κ2) is 42.8. The minimum Gasteiger partial charge on any atom is -0.466 e. The van der Waals surface area contributed by atoms with Crippen LogP contribution >= 0.6 is 0 Å². The molecule has 350 valence electrons. The highest BCUT2D eigenvalue weighted by molar-refractivity contribution is 5.87. The Kier molecular flexibility index (Phi) is 40.8. The Morgan fingerprint density at radius 3 is 1.15 bits per heavy atom. The van der Waals surface area contributed by atoms with E-state index in [0.29, 0.717) is 30.8 Å². The summed E-state index contributed by atoms with van der Waals surface area (Å²) in [5.74, 6) is 0.584. The summed E-state index contributed by atoms with van der Waals surface area (Å²) in [5.41, 5.74) is 0.704. The third-order valence-electron chi connectivity index (χ3n) is 11.5. The van der Waals surface area contributed by atoms with E-state index in [1.165, 1.54) is 167 Å². The number of carbonyl (C=O) groups is 4. The summed E-state index contributed by atoms with van der Waals surface area (Å²) >= 11 is 0. The first-order valence-electron chi connectivity index (χ1n) is 24.8. The quantitative estimate of drug-likeness (QED) is 0.0279. The molecule has 0 aromatic rings. The molecule has 0 fully saturated rings. The lowest BCUT2D eigenvalue weighted by molar-refractivity contribution is -0.146. The molecule has 0 aliphatic carbocycles. The first-order valence-corrected chi connectivity index (χ1v) is 24.8. The number of amides is 1. The minimum absolute atomic E-state index is 0.103. The van der Waals surface area contributed by atoms with Crippen molar-refractivity contribution >= 4 is 24.0 Å². The van der Waals surface area contributed by atoms with Gasteiger partial charge in [0.15, 0.2) is 0 Å². The van der Waals surface area contributed by atoms with Crippen LogP contribution in [0.5, 0.6) is 0 Å². The molecule has 60 heavy (non-hydrogen) atoms. The van der Waals surface area contributed by atoms with Gasteiger partial charge in [-0.15, -0.1) is 0 Å². The van der Waals surface area contributed by atoms with Gasteiger partial charge in [-0.2, -0.15) is 0 Å². The summed E-state index contributed by atoms with van der Waals surface area (Å²) in [5, 5.41) is 2.62. The van der Waals surface area contributed by atoms with Crippen LogP contribution < -0.4 is 5.32 Å². The highest BCUT2D eigenvalue weighted by atomic mass is 16.6. The highest BCUT2D eigenvalue weighted by Crippen LogP contribution is 2.34. The number of ether oxygens (including phenoxy) is 4. The van der Waals surface area contributed by atoms with E-state index in [2.05, 4.69) is 32.3 Å². The average molecular weight is 848 g/mol. The van der Waals surface area contributed by atoms with Crippen LogP contribution in [-0.4, -0.2) is 57.0 Å². The third kappa shape index (κ3) is 38.1. The minimum atomic E-state index is -0.468. The fraction of sp³-hybridized carbons (Fsp3) is 0.843. The van der Waals surface area contributed by atoms with E-state index in [1.807, 2.05) is 0 Å². The van der Waals surface area contributed by atoms with E-state index >= 15 is 0 Å². The zero-order valence-corrected chi connectivity index (χ0v) is 39.5. The molecule has 9 nitrogen and oxygen atoms in total. The van der Waals surface area contributed by atoms with Crippen LogP contribution in [0.4, 0.5) is 4.79 Å². The normalized spacial score (nSPS) is 12.1. The zero-order valence-electron chi connectivity index (χ0n) is 39.5. The number of nitrogens with one attached hydrogen (secondary N) is 1. The Morgan fingerprint density at radius 2 is 0.750 bits per heavy atom. The molecule has 2 unspecified atom stereocenters. The molecule has 2 atom stereocenters. The Hall–Kier alpha value is -2.84. The number of alkyl carbamates (subject to hydrolysis) is 1. The molecule has 0 heterocycles. The maximum absolute atomic E-state index is 12.0. The molecule has 0 spiro atoms. The molecular weight excluding hydrogens is 755 g/mol. The predicted molar refractivity (Wildman–Crippen MR) is 248 cm³/mol. The Morgan fingerprint density at radius 1 is 0.417 bits per heavy atom. The fourth-order valence-corrected chi connectivity index (χ4v) is 7.79. The van der Waals surface area contributed by atoms with Gasteiger partial charge in [0, 0.05) is 17.6 Å². The van der Waals surface area contributed by atoms with E-state index in [-0.39, 0.29) is 32.1 Å². The van der Waals surface area contributed by atoms with E-state index in [1.54, 1.807) is 13.8 Å². The van der Waals surface area contributed by atoms with Gasteiger partial charge in [0.1, 0.15) is 6.61 Å². The van der Waals surface area contributed by atoms with Crippen LogP contribution in [0.15, 0.2) is 24.3 Å². The summed E-state index contributed by atoms with van der Waals surface area (Å²) in [6.07, 6.45) is 38.9. The molecule has 0 aliphatic rings. The summed E-state index contributed by atoms with van der Waals surface area (Å²) in [7, 11) is 0. The molecule has 0 saturated heterocycles. The van der Waals surface area contributed by atoms with Crippen molar-refractivity contribution in [3.63, 3.8) is 0 Å². The smallest absolute Gasteiger partial charge is 0.407 e. The van der Waals surface area contributed by atoms with E-state index in [9.17, 15) is 19.2 Å².